The smallest absolute Gasteiger partial charge is 0.196 e. The van der Waals surface area contributed by atoms with Crippen molar-refractivity contribution in [3.8, 4) is 0 Å². The molecule has 1 aliphatic rings. The lowest BCUT2D eigenvalue weighted by Crippen LogP contribution is -2.22. The maximum Gasteiger partial charge on any atom is 0.196 e. The van der Waals surface area contributed by atoms with Crippen LogP contribution in [0.2, 0.25) is 0 Å². The Balaban J connectivity index is 1.55. The maximum absolute atomic E-state index is 13.9. The molecule has 5 heteroatoms. The highest BCUT2D eigenvalue weighted by Crippen LogP contribution is 2.41. The van der Waals surface area contributed by atoms with Crippen molar-refractivity contribution in [1.29, 1.82) is 0 Å². The largest absolute Gasteiger partial charge is 0.289 e. The van der Waals surface area contributed by atoms with Gasteiger partial charge in [0, 0.05) is 41.8 Å². The van der Waals surface area contributed by atoms with Crippen LogP contribution in [0.1, 0.15) is 58.2 Å². The minimum atomic E-state index is -0.344. The lowest BCUT2D eigenvalue weighted by atomic mass is 9.84. The Morgan fingerprint density at radius 2 is 1.17 bits per heavy atom. The predicted molar refractivity (Wildman–Crippen MR) is 140 cm³/mol. The minimum Gasteiger partial charge on any atom is -0.289 e. The van der Waals surface area contributed by atoms with E-state index in [-0.39, 0.29) is 22.8 Å². The molecule has 0 radical (unpaired) electrons. The second kappa shape index (κ2) is 9.14. The van der Waals surface area contributed by atoms with Crippen LogP contribution >= 0.6 is 23.5 Å². The summed E-state index contributed by atoms with van der Waals surface area (Å²) in [6, 6.07) is 25.3. The third kappa shape index (κ3) is 4.58. The highest BCUT2D eigenvalue weighted by atomic mass is 32.2. The first-order chi connectivity index (χ1) is 16.7. The van der Waals surface area contributed by atoms with Crippen LogP contribution in [-0.2, 0) is 5.41 Å². The van der Waals surface area contributed by atoms with E-state index in [0.29, 0.717) is 32.0 Å². The van der Waals surface area contributed by atoms with E-state index in [2.05, 4.69) is 45.0 Å². The van der Waals surface area contributed by atoms with Crippen molar-refractivity contribution in [1.82, 2.24) is 0 Å². The summed E-state index contributed by atoms with van der Waals surface area (Å²) >= 11 is 2.78. The zero-order valence-electron chi connectivity index (χ0n) is 19.6. The Bertz CT molecular complexity index is 1470. The molecule has 0 amide bonds. The SMILES string of the molecule is CC(C)(C)c1ccc(Sc2cccc3c2C(=O)c2c(Sc4cccc(F)c4)cccc2C3=O)cc1. The molecular weight excluding hydrogens is 475 g/mol. The number of rotatable bonds is 4. The predicted octanol–water partition coefficient (Wildman–Crippen LogP) is 8.20. The van der Waals surface area contributed by atoms with Gasteiger partial charge >= 0.3 is 0 Å². The van der Waals surface area contributed by atoms with Crippen LogP contribution in [0.3, 0.4) is 0 Å². The number of halogens is 1. The van der Waals surface area contributed by atoms with Crippen LogP contribution in [0.5, 0.6) is 0 Å². The van der Waals surface area contributed by atoms with Gasteiger partial charge in [-0.15, -0.1) is 0 Å². The second-order valence-electron chi connectivity index (χ2n) is 9.45. The van der Waals surface area contributed by atoms with Gasteiger partial charge in [-0.1, -0.05) is 86.8 Å². The molecule has 2 nitrogen and oxygen atoms in total. The van der Waals surface area contributed by atoms with Gasteiger partial charge in [0.05, 0.1) is 0 Å². The van der Waals surface area contributed by atoms with Crippen LogP contribution in [0.4, 0.5) is 4.39 Å². The van der Waals surface area contributed by atoms with E-state index >= 15 is 0 Å². The average Bonchev–Trinajstić information content (AvgIpc) is 2.82. The lowest BCUT2D eigenvalue weighted by Gasteiger charge is -2.22. The van der Waals surface area contributed by atoms with E-state index in [4.69, 9.17) is 0 Å². The average molecular weight is 499 g/mol. The van der Waals surface area contributed by atoms with Crippen LogP contribution in [0.25, 0.3) is 0 Å². The normalized spacial score (nSPS) is 12.9. The molecule has 4 aromatic rings. The van der Waals surface area contributed by atoms with Crippen LogP contribution in [-0.4, -0.2) is 11.6 Å². The number of benzene rings is 4. The van der Waals surface area contributed by atoms with Crippen LogP contribution in [0.15, 0.2) is 105 Å². The quantitative estimate of drug-likeness (QED) is 0.250. The van der Waals surface area contributed by atoms with Crippen molar-refractivity contribution in [2.24, 2.45) is 0 Å². The summed E-state index contributed by atoms with van der Waals surface area (Å²) in [5.74, 6) is -0.686. The fraction of sp³-hybridized carbons (Fsp3) is 0.133. The Hall–Kier alpha value is -3.15. The molecule has 0 aromatic heterocycles. The standard InChI is InChI=1S/C30H23FO2S2/c1-30(2,3)18-13-15-20(16-14-18)34-24-11-5-9-22-26(24)29(33)27-23(28(22)32)10-6-12-25(27)35-21-8-4-7-19(31)17-21/h4-17H,1-3H3. The first-order valence-electron chi connectivity index (χ1n) is 11.3. The van der Waals surface area contributed by atoms with Gasteiger partial charge in [-0.05, 0) is 53.4 Å². The van der Waals surface area contributed by atoms with Crippen molar-refractivity contribution in [2.45, 2.75) is 45.8 Å². The van der Waals surface area contributed by atoms with E-state index in [0.717, 1.165) is 9.79 Å². The molecule has 0 bridgehead atoms. The lowest BCUT2D eigenvalue weighted by molar-refractivity contribution is 0.0974. The fourth-order valence-corrected chi connectivity index (χ4v) is 6.16. The van der Waals surface area contributed by atoms with E-state index in [9.17, 15) is 14.0 Å². The molecule has 0 aliphatic heterocycles. The maximum atomic E-state index is 13.9. The van der Waals surface area contributed by atoms with Gasteiger partial charge in [0.15, 0.2) is 11.6 Å². The molecule has 35 heavy (non-hydrogen) atoms. The van der Waals surface area contributed by atoms with E-state index in [1.165, 1.54) is 41.2 Å². The molecule has 174 valence electrons. The minimum absolute atomic E-state index is 0.0525. The summed E-state index contributed by atoms with van der Waals surface area (Å²) in [4.78, 5) is 30.4. The number of carbonyl (C=O) groups is 2. The van der Waals surface area contributed by atoms with Gasteiger partial charge in [-0.2, -0.15) is 0 Å². The first-order valence-corrected chi connectivity index (χ1v) is 12.9. The second-order valence-corrected chi connectivity index (χ2v) is 11.7. The topological polar surface area (TPSA) is 34.1 Å². The van der Waals surface area contributed by atoms with Crippen molar-refractivity contribution in [2.75, 3.05) is 0 Å². The Morgan fingerprint density at radius 1 is 0.629 bits per heavy atom. The molecule has 0 spiro atoms. The van der Waals surface area contributed by atoms with Gasteiger partial charge in [-0.3, -0.25) is 9.59 Å². The molecule has 0 atom stereocenters. The van der Waals surface area contributed by atoms with Gasteiger partial charge in [0.2, 0.25) is 0 Å². The number of ketones is 2. The first kappa shape index (κ1) is 23.6. The Morgan fingerprint density at radius 3 is 1.71 bits per heavy atom. The zero-order valence-corrected chi connectivity index (χ0v) is 21.2. The van der Waals surface area contributed by atoms with Crippen LogP contribution in [0, 0.1) is 5.82 Å². The molecule has 0 fully saturated rings. The van der Waals surface area contributed by atoms with Gasteiger partial charge in [-0.25, -0.2) is 4.39 Å². The van der Waals surface area contributed by atoms with Crippen LogP contribution < -0.4 is 0 Å². The van der Waals surface area contributed by atoms with Crippen molar-refractivity contribution < 1.29 is 14.0 Å². The molecule has 4 aromatic carbocycles. The van der Waals surface area contributed by atoms with Gasteiger partial charge < -0.3 is 0 Å². The molecule has 0 saturated carbocycles. The summed E-state index contributed by atoms with van der Waals surface area (Å²) < 4.78 is 13.8. The summed E-state index contributed by atoms with van der Waals surface area (Å²) in [6.07, 6.45) is 0. The summed E-state index contributed by atoms with van der Waals surface area (Å²) in [5, 5.41) is 0. The number of carbonyl (C=O) groups excluding carboxylic acids is 2. The van der Waals surface area contributed by atoms with Gasteiger partial charge in [0.25, 0.3) is 0 Å². The monoisotopic (exact) mass is 498 g/mol. The number of hydrogen-bond acceptors (Lipinski definition) is 4. The Labute approximate surface area is 213 Å². The van der Waals surface area contributed by atoms with Crippen molar-refractivity contribution in [3.63, 3.8) is 0 Å². The van der Waals surface area contributed by atoms with E-state index in [1.54, 1.807) is 30.3 Å². The number of hydrogen-bond donors (Lipinski definition) is 0. The van der Waals surface area contributed by atoms with Crippen molar-refractivity contribution >= 4 is 35.1 Å². The van der Waals surface area contributed by atoms with Crippen molar-refractivity contribution in [3.05, 3.63) is 119 Å². The third-order valence-electron chi connectivity index (χ3n) is 5.97. The van der Waals surface area contributed by atoms with E-state index < -0.39 is 0 Å². The molecule has 0 unspecified atom stereocenters. The summed E-state index contributed by atoms with van der Waals surface area (Å²) in [6.45, 7) is 6.51. The highest BCUT2D eigenvalue weighted by molar-refractivity contribution is 7.99. The zero-order chi connectivity index (χ0) is 24.7. The Kier molecular flexibility index (Phi) is 6.16. The summed E-state index contributed by atoms with van der Waals surface area (Å²) in [5.41, 5.74) is 2.91. The molecule has 1 aliphatic carbocycles. The molecule has 5 rings (SSSR count). The molecule has 0 heterocycles. The highest BCUT2D eigenvalue weighted by Gasteiger charge is 2.33. The molecule has 0 saturated heterocycles. The fourth-order valence-electron chi connectivity index (χ4n) is 4.16. The molecule has 0 N–H and O–H groups in total. The number of fused-ring (bicyclic) bond motifs is 2. The van der Waals surface area contributed by atoms with E-state index in [1.807, 2.05) is 18.2 Å². The molecular formula is C30H23FO2S2. The third-order valence-corrected chi connectivity index (χ3v) is 8.09. The summed E-state index contributed by atoms with van der Waals surface area (Å²) in [7, 11) is 0. The van der Waals surface area contributed by atoms with Gasteiger partial charge in [0.1, 0.15) is 5.82 Å².